The Bertz CT molecular complexity index is 1740. The first-order chi connectivity index (χ1) is 24.1. The lowest BCUT2D eigenvalue weighted by atomic mass is 10.0. The number of carbonyl (C=O) groups excluding carboxylic acids is 3. The van der Waals surface area contributed by atoms with E-state index in [0.717, 1.165) is 12.8 Å². The molecule has 2 amide bonds. The van der Waals surface area contributed by atoms with E-state index < -0.39 is 35.6 Å². The van der Waals surface area contributed by atoms with Crippen LogP contribution < -0.4 is 24.8 Å². The molecule has 4 aromatic carbocycles. The van der Waals surface area contributed by atoms with Gasteiger partial charge in [-0.2, -0.15) is 0 Å². The summed E-state index contributed by atoms with van der Waals surface area (Å²) in [5, 5.41) is 14.9. The number of hydrogen-bond donors (Lipinski definition) is 3. The van der Waals surface area contributed by atoms with Crippen molar-refractivity contribution in [2.24, 2.45) is 0 Å². The van der Waals surface area contributed by atoms with Crippen molar-refractivity contribution >= 4 is 29.4 Å². The van der Waals surface area contributed by atoms with Gasteiger partial charge in [0.1, 0.15) is 29.1 Å². The van der Waals surface area contributed by atoms with Crippen molar-refractivity contribution in [1.82, 2.24) is 5.32 Å². The van der Waals surface area contributed by atoms with Crippen LogP contribution in [0.4, 0.5) is 10.1 Å². The molecule has 0 saturated heterocycles. The Hall–Kier alpha value is -5.71. The number of halogens is 1. The number of carboxylic acid groups (broad SMARTS) is 1. The van der Waals surface area contributed by atoms with Crippen molar-refractivity contribution in [1.29, 1.82) is 0 Å². The standard InChI is InChI=1S/C39H41FN2O8/c1-3-4-5-6-7-22-49-31-19-12-28(13-20-31)39(47)50-32-17-8-26(9-18-32)23-35(38(45)46)42-37(44)27-10-15-30(16-11-27)41-36(43)24-29-14-21-33(48-2)25-34(29)40/h8-21,25,35H,3-7,22-24H2,1-2H3,(H,41,43)(H,42,44)(H,45,46). The number of ether oxygens (including phenoxy) is 3. The molecule has 4 rings (SSSR count). The number of benzene rings is 4. The number of amides is 2. The topological polar surface area (TPSA) is 140 Å². The first kappa shape index (κ1) is 37.1. The van der Waals surface area contributed by atoms with Crippen LogP contribution in [0, 0.1) is 5.82 Å². The van der Waals surface area contributed by atoms with Crippen LogP contribution in [0.1, 0.15) is 70.9 Å². The molecule has 10 nitrogen and oxygen atoms in total. The summed E-state index contributed by atoms with van der Waals surface area (Å²) in [6, 6.07) is 21.9. The van der Waals surface area contributed by atoms with Gasteiger partial charge in [0.15, 0.2) is 0 Å². The average Bonchev–Trinajstić information content (AvgIpc) is 3.11. The normalized spacial score (nSPS) is 11.3. The highest BCUT2D eigenvalue weighted by molar-refractivity contribution is 5.98. The Kier molecular flexibility index (Phi) is 13.9. The van der Waals surface area contributed by atoms with Gasteiger partial charge in [-0.15, -0.1) is 0 Å². The molecular formula is C39H41FN2O8. The van der Waals surface area contributed by atoms with Crippen molar-refractivity contribution in [3.63, 3.8) is 0 Å². The van der Waals surface area contributed by atoms with Gasteiger partial charge < -0.3 is 30.0 Å². The quantitative estimate of drug-likeness (QED) is 0.0578. The maximum atomic E-state index is 14.2. The molecule has 0 fully saturated rings. The summed E-state index contributed by atoms with van der Waals surface area (Å²) in [5.41, 5.74) is 1.72. The fraction of sp³-hybridized carbons (Fsp3) is 0.282. The van der Waals surface area contributed by atoms with Crippen molar-refractivity contribution in [3.05, 3.63) is 119 Å². The highest BCUT2D eigenvalue weighted by atomic mass is 19.1. The van der Waals surface area contributed by atoms with E-state index in [9.17, 15) is 28.7 Å². The molecule has 50 heavy (non-hydrogen) atoms. The van der Waals surface area contributed by atoms with E-state index in [1.54, 1.807) is 54.6 Å². The minimum Gasteiger partial charge on any atom is -0.497 e. The third kappa shape index (κ3) is 11.5. The zero-order valence-corrected chi connectivity index (χ0v) is 28.1. The second kappa shape index (κ2) is 18.7. The molecule has 0 radical (unpaired) electrons. The summed E-state index contributed by atoms with van der Waals surface area (Å²) in [6.07, 6.45) is 5.49. The first-order valence-corrected chi connectivity index (χ1v) is 16.4. The molecule has 262 valence electrons. The van der Waals surface area contributed by atoms with Crippen LogP contribution in [0.2, 0.25) is 0 Å². The maximum Gasteiger partial charge on any atom is 0.343 e. The van der Waals surface area contributed by atoms with Crippen molar-refractivity contribution in [3.8, 4) is 17.2 Å². The highest BCUT2D eigenvalue weighted by Gasteiger charge is 2.22. The molecule has 1 unspecified atom stereocenters. The summed E-state index contributed by atoms with van der Waals surface area (Å²) in [7, 11) is 1.42. The van der Waals surface area contributed by atoms with E-state index >= 15 is 0 Å². The zero-order chi connectivity index (χ0) is 35.9. The van der Waals surface area contributed by atoms with Gasteiger partial charge in [0.25, 0.3) is 5.91 Å². The summed E-state index contributed by atoms with van der Waals surface area (Å²) in [5.74, 6) is -2.11. The van der Waals surface area contributed by atoms with E-state index in [1.807, 2.05) is 0 Å². The van der Waals surface area contributed by atoms with Crippen LogP contribution in [-0.2, 0) is 22.4 Å². The fourth-order valence-electron chi connectivity index (χ4n) is 5.00. The van der Waals surface area contributed by atoms with Crippen LogP contribution >= 0.6 is 0 Å². The Morgan fingerprint density at radius 2 is 1.42 bits per heavy atom. The third-order valence-electron chi connectivity index (χ3n) is 7.83. The molecule has 11 heteroatoms. The smallest absolute Gasteiger partial charge is 0.343 e. The minimum absolute atomic E-state index is 0.0224. The molecular weight excluding hydrogens is 643 g/mol. The number of nitrogens with one attached hydrogen (secondary N) is 2. The van der Waals surface area contributed by atoms with Crippen LogP contribution in [0.3, 0.4) is 0 Å². The van der Waals surface area contributed by atoms with E-state index in [4.69, 9.17) is 14.2 Å². The molecule has 0 aliphatic rings. The molecule has 4 aromatic rings. The number of methoxy groups -OCH3 is 1. The number of hydrogen-bond acceptors (Lipinski definition) is 7. The van der Waals surface area contributed by atoms with Crippen LogP contribution in [0.5, 0.6) is 17.2 Å². The third-order valence-corrected chi connectivity index (χ3v) is 7.83. The minimum atomic E-state index is -1.24. The SMILES string of the molecule is CCCCCCCOc1ccc(C(=O)Oc2ccc(CC(NC(=O)c3ccc(NC(=O)Cc4ccc(OC)cc4F)cc3)C(=O)O)cc2)cc1. The van der Waals surface area contributed by atoms with Gasteiger partial charge in [-0.1, -0.05) is 50.8 Å². The Morgan fingerprint density at radius 3 is 2.06 bits per heavy atom. The predicted octanol–water partition coefficient (Wildman–Crippen LogP) is 7.01. The molecule has 0 aliphatic heterocycles. The van der Waals surface area contributed by atoms with Crippen LogP contribution in [-0.4, -0.2) is 48.6 Å². The summed E-state index contributed by atoms with van der Waals surface area (Å²) < 4.78 is 30.4. The van der Waals surface area contributed by atoms with Gasteiger partial charge in [-0.05, 0) is 84.3 Å². The van der Waals surface area contributed by atoms with Crippen molar-refractivity contribution in [2.45, 2.75) is 57.9 Å². The Labute approximate surface area is 290 Å². The van der Waals surface area contributed by atoms with Crippen LogP contribution in [0.25, 0.3) is 0 Å². The molecule has 0 heterocycles. The lowest BCUT2D eigenvalue weighted by Crippen LogP contribution is -2.42. The molecule has 0 bridgehead atoms. The van der Waals surface area contributed by atoms with E-state index in [2.05, 4.69) is 17.6 Å². The number of aliphatic carboxylic acids is 1. The molecule has 0 aliphatic carbocycles. The van der Waals surface area contributed by atoms with Gasteiger partial charge in [-0.25, -0.2) is 14.0 Å². The molecule has 0 saturated carbocycles. The van der Waals surface area contributed by atoms with Gasteiger partial charge in [0, 0.05) is 23.7 Å². The lowest BCUT2D eigenvalue weighted by molar-refractivity contribution is -0.139. The van der Waals surface area contributed by atoms with Crippen LogP contribution in [0.15, 0.2) is 91.0 Å². The Morgan fingerprint density at radius 1 is 0.780 bits per heavy atom. The van der Waals surface area contributed by atoms with Gasteiger partial charge in [0.2, 0.25) is 5.91 Å². The molecule has 0 aromatic heterocycles. The molecule has 1 atom stereocenters. The maximum absolute atomic E-state index is 14.2. The number of carboxylic acids is 1. The van der Waals surface area contributed by atoms with Crippen molar-refractivity contribution in [2.75, 3.05) is 19.0 Å². The predicted molar refractivity (Wildman–Crippen MR) is 186 cm³/mol. The number of unbranched alkanes of at least 4 members (excludes halogenated alkanes) is 4. The number of esters is 1. The van der Waals surface area contributed by atoms with Gasteiger partial charge >= 0.3 is 11.9 Å². The average molecular weight is 685 g/mol. The second-order valence-electron chi connectivity index (χ2n) is 11.6. The summed E-state index contributed by atoms with van der Waals surface area (Å²) in [6.45, 7) is 2.80. The van der Waals surface area contributed by atoms with Crippen molar-refractivity contribution < 1.29 is 42.9 Å². The summed E-state index contributed by atoms with van der Waals surface area (Å²) >= 11 is 0. The van der Waals surface area contributed by atoms with Gasteiger partial charge in [-0.3, -0.25) is 9.59 Å². The highest BCUT2D eigenvalue weighted by Crippen LogP contribution is 2.20. The van der Waals surface area contributed by atoms with Gasteiger partial charge in [0.05, 0.1) is 25.7 Å². The van der Waals surface area contributed by atoms with E-state index in [1.165, 1.54) is 62.8 Å². The Balaban J connectivity index is 1.25. The fourth-order valence-corrected chi connectivity index (χ4v) is 5.00. The second-order valence-corrected chi connectivity index (χ2v) is 11.6. The number of carbonyl (C=O) groups is 4. The monoisotopic (exact) mass is 684 g/mol. The van der Waals surface area contributed by atoms with E-state index in [0.29, 0.717) is 34.9 Å². The largest absolute Gasteiger partial charge is 0.497 e. The first-order valence-electron chi connectivity index (χ1n) is 16.4. The molecule has 3 N–H and O–H groups in total. The van der Waals surface area contributed by atoms with E-state index in [-0.39, 0.29) is 29.7 Å². The lowest BCUT2D eigenvalue weighted by Gasteiger charge is -2.15. The zero-order valence-electron chi connectivity index (χ0n) is 28.1. The summed E-state index contributed by atoms with van der Waals surface area (Å²) in [4.78, 5) is 49.9. The number of anilines is 1. The molecule has 0 spiro atoms. The number of rotatable bonds is 18.